The molecule has 0 heterocycles. The van der Waals surface area contributed by atoms with Gasteiger partial charge in [0.1, 0.15) is 38.3 Å². The zero-order valence-electron chi connectivity index (χ0n) is 73.4. The Balaban J connectivity index is -0.0000000267. The number of hydrogen-bond acceptors (Lipinski definition) is 19. The van der Waals surface area contributed by atoms with Crippen molar-refractivity contribution < 1.29 is 181 Å². The molecule has 766 valence electrons. The maximum atomic E-state index is 12.8. The van der Waals surface area contributed by atoms with E-state index in [0.29, 0.717) is 29.5 Å². The summed E-state index contributed by atoms with van der Waals surface area (Å²) < 4.78 is 46.6. The molecule has 4 fully saturated rings. The molecule has 4 aliphatic rings. The number of fused-ring (bicyclic) bond motifs is 5. The molecule has 0 spiro atoms. The number of carbonyl (C=O) groups is 10. The molecule has 0 unspecified atom stereocenters. The molecule has 4 aliphatic carbocycles. The second-order valence-electron chi connectivity index (χ2n) is 26.9. The van der Waals surface area contributed by atoms with Gasteiger partial charge in [-0.25, -0.2) is 24.0 Å². The van der Waals surface area contributed by atoms with Gasteiger partial charge < -0.3 is 47.7 Å². The van der Waals surface area contributed by atoms with E-state index >= 15 is 0 Å². The number of hydrogen-bond donors (Lipinski definition) is 1. The number of carboxylic acids is 1. The SMILES string of the molecule is CC#CC#CC#CC#CC#CC#CC#CC#CC(=O)OCC(COC(=O)C#CC#CC#CC#CC#CC#CC#CC#CC)OC(=O)CCCCC(=O)O.CC#CC#CC#CC#CC#CC#CC#CC#CC(=O)OCC(COC(=O)C#CC#CC#CC#CC#CC#CC#CC#CC)OC(=O)CCCCC(=O)OCOC(=O)O[C@@H]1CC[C@@]2(C)[C@@H](CC[C@@H]3[C@@H]2CC[C@]2(C)[C@@H](C(C)=O)CC[C@@H]32)C1.[HH].[HH].[HH].[HH].[HH].[HH].[HH].[HH].[HH].[HH].[HH].[HH].[HH].[HH].[HH].[HH].[HH].[HH].[HH].[HH].[HH].[HH].[HH].[HH].[HH].[HH].[HH].[HH].[HH].[HH].[HH].[HH].[HH].[HH].[HH].[HH].[HH].[HH].[HH].[HH].[HH].[HH].[HH].[HH].[HH].[HH].[HH].[HH].[HH].[HH].[HH].[HH].[HH].[HH].[HH].[HH].[HH].[HH].[HH].[HH]. The normalized spacial score (nSPS) is 15.1. The van der Waals surface area contributed by atoms with Crippen LogP contribution in [-0.2, 0) is 85.8 Å². The zero-order valence-corrected chi connectivity index (χ0v) is 73.4. The predicted molar refractivity (Wildman–Crippen MR) is 615 cm³/mol. The van der Waals surface area contributed by atoms with Gasteiger partial charge in [-0.2, -0.15) is 0 Å². The molecule has 0 aromatic carbocycles. The van der Waals surface area contributed by atoms with E-state index in [1.807, 2.05) is 0 Å². The van der Waals surface area contributed by atoms with Gasteiger partial charge >= 0.3 is 53.9 Å². The van der Waals surface area contributed by atoms with Crippen molar-refractivity contribution in [1.82, 2.24) is 0 Å². The first-order valence-corrected chi connectivity index (χ1v) is 40.2. The molecule has 20 nitrogen and oxygen atoms in total. The monoisotopic (exact) mass is 1870 g/mol. The van der Waals surface area contributed by atoms with Crippen molar-refractivity contribution in [2.24, 2.45) is 40.4 Å². The highest BCUT2D eigenvalue weighted by molar-refractivity contribution is 5.91. The predicted octanol–water partition coefficient (Wildman–Crippen LogP) is 21.4. The third-order valence-corrected chi connectivity index (χ3v) is 18.4. The molecule has 1 N–H and O–H groups in total. The fraction of sp³-hybridized carbons (Fsp3) is 0.345. The summed E-state index contributed by atoms with van der Waals surface area (Å²) in [6.45, 7) is 10.4. The lowest BCUT2D eigenvalue weighted by molar-refractivity contribution is -0.163. The summed E-state index contributed by atoms with van der Waals surface area (Å²) in [5.74, 6) is 151. The largest absolute Gasteiger partial charge is 0.511 e. The Morgan fingerprint density at radius 1 is 0.316 bits per heavy atom. The Bertz CT molecular complexity index is 6650. The van der Waals surface area contributed by atoms with Crippen LogP contribution in [0.5, 0.6) is 0 Å². The minimum atomic E-state index is -1.28. The third-order valence-electron chi connectivity index (χ3n) is 18.4. The van der Waals surface area contributed by atoms with Gasteiger partial charge in [0.05, 0.1) is 0 Å². The van der Waals surface area contributed by atoms with E-state index in [4.69, 9.17) is 47.7 Å². The van der Waals surface area contributed by atoms with E-state index in [1.165, 1.54) is 0 Å². The molecule has 4 saturated carbocycles. The summed E-state index contributed by atoms with van der Waals surface area (Å²) in [4.78, 5) is 122. The summed E-state index contributed by atoms with van der Waals surface area (Å²) in [6, 6.07) is 0. The molecule has 8 atom stereocenters. The molecule has 0 aromatic heterocycles. The summed E-state index contributed by atoms with van der Waals surface area (Å²) in [5.41, 5.74) is 0.266. The number of ether oxygens (including phenoxy) is 9. The first-order chi connectivity index (χ1) is 64.7. The van der Waals surface area contributed by atoms with Crippen molar-refractivity contribution >= 4 is 59.7 Å². The number of carboxylic acid groups (broad SMARTS) is 1. The van der Waals surface area contributed by atoms with Gasteiger partial charge in [-0.3, -0.25) is 24.0 Å². The number of rotatable bonds is 24. The summed E-state index contributed by atoms with van der Waals surface area (Å²) >= 11 is 0. The molecular weight excluding hydrogens is 1680 g/mol. The van der Waals surface area contributed by atoms with Crippen LogP contribution in [-0.4, -0.2) is 116 Å². The molecule has 0 saturated heterocycles. The Morgan fingerprint density at radius 3 is 0.895 bits per heavy atom. The van der Waals surface area contributed by atoms with Gasteiger partial charge in [0, 0.05) is 141 Å². The third kappa shape index (κ3) is 52.1. The maximum absolute atomic E-state index is 12.8. The molecule has 4 rings (SSSR count). The Morgan fingerprint density at radius 2 is 0.594 bits per heavy atom. The topological polar surface area (TPSA) is 274 Å². The van der Waals surface area contributed by atoms with Crippen LogP contribution < -0.4 is 0 Å². The first kappa shape index (κ1) is 108. The molecule has 0 radical (unpaired) electrons. The smallest absolute Gasteiger partial charge is 0.481 e. The zero-order chi connectivity index (χ0) is 96.6. The first-order valence-electron chi connectivity index (χ1n) is 40.2. The lowest BCUT2D eigenvalue weighted by Crippen LogP contribution is -2.54. The highest BCUT2D eigenvalue weighted by Gasteiger charge is 2.61. The van der Waals surface area contributed by atoms with Crippen LogP contribution in [0.1, 0.15) is 243 Å². The van der Waals surface area contributed by atoms with Crippen molar-refractivity contribution in [3.63, 3.8) is 0 Å². The van der Waals surface area contributed by atoms with Crippen LogP contribution in [0.15, 0.2) is 0 Å². The van der Waals surface area contributed by atoms with Gasteiger partial charge in [0.2, 0.25) is 6.79 Å². The van der Waals surface area contributed by atoms with E-state index in [0.717, 1.165) is 57.8 Å². The fourth-order valence-electron chi connectivity index (χ4n) is 13.1. The summed E-state index contributed by atoms with van der Waals surface area (Å²) in [5, 5.41) is 8.73. The second kappa shape index (κ2) is 70.0. The quantitative estimate of drug-likeness (QED) is 0.0235. The van der Waals surface area contributed by atoms with Crippen molar-refractivity contribution in [1.29, 1.82) is 0 Å². The van der Waals surface area contributed by atoms with Crippen molar-refractivity contribution in [2.75, 3.05) is 33.2 Å². The molecule has 0 amide bonds. The van der Waals surface area contributed by atoms with Gasteiger partial charge in [0.25, 0.3) is 0 Å². The Hall–Kier alpha value is -19.4. The highest BCUT2D eigenvalue weighted by atomic mass is 16.8. The Kier molecular flexibility index (Phi) is 56.7. The van der Waals surface area contributed by atoms with Crippen molar-refractivity contribution in [2.45, 2.75) is 176 Å². The molecule has 20 heteroatoms. The van der Waals surface area contributed by atoms with Crippen LogP contribution in [0.3, 0.4) is 0 Å². The standard InChI is InChI=1S/C68H54O12.C45H20O8.60H2/c1-6-8-10-12-14-16-18-20-22-24-26-28-30-32-34-38-62(70)75-51-57(52-76-63(71)39-35-33-31-29-27-25-23-21-19-17-15-13-11-9-7-2)79-65(73)41-37-36-40-64(72)77-53-78-66(74)80-56-46-48-67(4)55(50-56)42-43-58-60-45-44-59(54(3)69)68(60,5)49-47-61(58)67;1-3-5-7-9-11-13-15-17-19-21-23-25-27-29-31-36-43(48)51-39-41(53-45(50)38-34-33-35-42(46)47)40-52-44(49)37-32-30-28-26-24-22-20-18-16-14-12-10-8-6-4-2;;;;;;;;;;;;;;;;;;;;;;;;;;;;;;;;;;;;;;;;;;;;;;;;;;;;;;;;;;;;/h55-61H,36-37,40-53H2,1-5H3;41H,33-35,38-40H2,1-2H3,(H,46,47);60*1H/t55-,56+,58-,59+,60-,61-,67-,68+;;;;;;;;;;;;;;;;;;;;;;;;;;;;;;;;;;;;;;;;;;;;;;;;;;;;;;;;;;;;;/m0............................................................./s1. The van der Waals surface area contributed by atoms with Gasteiger partial charge in [0.15, 0.2) is 12.2 Å². The van der Waals surface area contributed by atoms with Gasteiger partial charge in [-0.1, -0.05) is 37.5 Å². The average molecular weight is 1870 g/mol. The number of esters is 7. The number of aliphatic carboxylic acids is 1. The van der Waals surface area contributed by atoms with E-state index < -0.39 is 99.3 Å². The second-order valence-corrected chi connectivity index (χ2v) is 26.9. The molecule has 0 aromatic rings. The Labute approximate surface area is 868 Å². The van der Waals surface area contributed by atoms with Crippen LogP contribution in [0.2, 0.25) is 0 Å². The van der Waals surface area contributed by atoms with E-state index in [9.17, 15) is 47.9 Å². The van der Waals surface area contributed by atoms with Crippen LogP contribution in [0.4, 0.5) is 4.79 Å². The summed E-state index contributed by atoms with van der Waals surface area (Å²) in [7, 11) is 0. The van der Waals surface area contributed by atoms with Gasteiger partial charge in [-0.15, -0.1) is 0 Å². The fourth-order valence-corrected chi connectivity index (χ4v) is 13.1. The van der Waals surface area contributed by atoms with E-state index in [2.05, 4.69) is 393 Å². The number of unbranched alkanes of at least 4 members (excludes halogenated alkanes) is 2. The lowest BCUT2D eigenvalue weighted by atomic mass is 9.44. The van der Waals surface area contributed by atoms with E-state index in [1.54, 1.807) is 34.6 Å². The minimum absolute atomic E-state index is 0. The van der Waals surface area contributed by atoms with Crippen molar-refractivity contribution in [3.8, 4) is 379 Å². The number of Topliss-reactive ketones (excluding diaryl/α,β-unsaturated/α-hetero) is 1. The molecule has 0 bridgehead atoms. The average Bonchev–Trinajstić information content (AvgIpc) is 1.58. The maximum Gasteiger partial charge on any atom is 0.511 e. The number of carbonyl (C=O) groups excluding carboxylic acids is 9. The summed E-state index contributed by atoms with van der Waals surface area (Å²) in [6.07, 6.45) is 5.68. The van der Waals surface area contributed by atoms with Crippen molar-refractivity contribution in [3.05, 3.63) is 0 Å². The molecular formula is C113H194O20. The lowest BCUT2D eigenvalue weighted by Gasteiger charge is -2.61. The molecule has 0 aliphatic heterocycles. The van der Waals surface area contributed by atoms with Gasteiger partial charge in [-0.05, 0) is 484 Å². The van der Waals surface area contributed by atoms with Crippen LogP contribution in [0.25, 0.3) is 0 Å². The van der Waals surface area contributed by atoms with Crippen LogP contribution >= 0.6 is 0 Å². The minimum Gasteiger partial charge on any atom is -0.481 e. The highest BCUT2D eigenvalue weighted by Crippen LogP contribution is 2.67. The van der Waals surface area contributed by atoms with E-state index in [-0.39, 0.29) is 160 Å². The number of ketones is 1. The molecule has 133 heavy (non-hydrogen) atoms. The van der Waals surface area contributed by atoms with Crippen LogP contribution in [0, 0.1) is 419 Å².